The number of carbonyl (C=O) groups is 2. The van der Waals surface area contributed by atoms with Gasteiger partial charge in [0.15, 0.2) is 5.13 Å². The molecule has 2 aromatic carbocycles. The van der Waals surface area contributed by atoms with Gasteiger partial charge in [0.2, 0.25) is 0 Å². The Balaban J connectivity index is 1.78. The maximum atomic E-state index is 13.2. The Labute approximate surface area is 219 Å². The summed E-state index contributed by atoms with van der Waals surface area (Å²) in [7, 11) is 0. The molecule has 8 nitrogen and oxygen atoms in total. The molecule has 0 bridgehead atoms. The number of phenolic OH excluding ortho intramolecular Hbond substituents is 1. The number of rotatable bonds is 8. The molecule has 0 saturated carbocycles. The molecule has 9 heteroatoms. The first kappa shape index (κ1) is 26.1. The number of nitrogens with one attached hydrogen (secondary N) is 1. The van der Waals surface area contributed by atoms with E-state index >= 15 is 0 Å². The van der Waals surface area contributed by atoms with Crippen LogP contribution in [-0.4, -0.2) is 41.0 Å². The van der Waals surface area contributed by atoms with Gasteiger partial charge in [0, 0.05) is 34.0 Å². The molecule has 0 amide bonds. The number of esters is 2. The molecule has 2 heterocycles. The first-order valence-electron chi connectivity index (χ1n) is 12.0. The number of para-hydroxylation sites is 2. The van der Waals surface area contributed by atoms with Crippen LogP contribution in [0.5, 0.6) is 5.75 Å². The average Bonchev–Trinajstić information content (AvgIpc) is 3.32. The van der Waals surface area contributed by atoms with Crippen LogP contribution in [0.2, 0.25) is 0 Å². The van der Waals surface area contributed by atoms with Crippen LogP contribution in [0, 0.1) is 5.92 Å². The zero-order valence-electron chi connectivity index (χ0n) is 21.1. The van der Waals surface area contributed by atoms with Crippen molar-refractivity contribution < 1.29 is 24.2 Å². The highest BCUT2D eigenvalue weighted by Gasteiger charge is 2.43. The van der Waals surface area contributed by atoms with Crippen molar-refractivity contribution in [2.45, 2.75) is 33.6 Å². The summed E-state index contributed by atoms with van der Waals surface area (Å²) in [5.41, 5.74) is 4.07. The van der Waals surface area contributed by atoms with Gasteiger partial charge in [-0.25, -0.2) is 9.78 Å². The van der Waals surface area contributed by atoms with Gasteiger partial charge in [0.1, 0.15) is 11.7 Å². The molecule has 0 aliphatic carbocycles. The molecule has 192 valence electrons. The molecule has 0 fully saturated rings. The Hall–Kier alpha value is -3.98. The van der Waals surface area contributed by atoms with E-state index in [9.17, 15) is 14.7 Å². The van der Waals surface area contributed by atoms with Crippen molar-refractivity contribution in [3.63, 3.8) is 0 Å². The quantitative estimate of drug-likeness (QED) is 0.360. The minimum Gasteiger partial charge on any atom is -0.507 e. The van der Waals surface area contributed by atoms with Crippen molar-refractivity contribution >= 4 is 39.8 Å². The number of hydrogen-bond acceptors (Lipinski definition) is 9. The largest absolute Gasteiger partial charge is 0.507 e. The van der Waals surface area contributed by atoms with Gasteiger partial charge in [-0.2, -0.15) is 0 Å². The summed E-state index contributed by atoms with van der Waals surface area (Å²) in [4.78, 5) is 35.5. The first-order valence-corrected chi connectivity index (χ1v) is 12.9. The third-order valence-corrected chi connectivity index (χ3v) is 6.84. The molecule has 0 saturated heterocycles. The summed E-state index contributed by atoms with van der Waals surface area (Å²) in [6, 6.07) is 14.5. The van der Waals surface area contributed by atoms with E-state index in [0.29, 0.717) is 39.1 Å². The zero-order chi connectivity index (χ0) is 26.5. The molecule has 37 heavy (non-hydrogen) atoms. The number of thiazole rings is 1. The van der Waals surface area contributed by atoms with Crippen molar-refractivity contribution in [3.8, 4) is 17.0 Å². The van der Waals surface area contributed by atoms with E-state index in [1.54, 1.807) is 45.9 Å². The molecule has 4 rings (SSSR count). The molecule has 3 aromatic rings. The van der Waals surface area contributed by atoms with Gasteiger partial charge in [0.05, 0.1) is 24.5 Å². The molecule has 0 spiro atoms. The molecule has 2 atom stereocenters. The lowest BCUT2D eigenvalue weighted by Crippen LogP contribution is -2.36. The van der Waals surface area contributed by atoms with Crippen LogP contribution in [0.25, 0.3) is 11.3 Å². The summed E-state index contributed by atoms with van der Waals surface area (Å²) >= 11 is 1.38. The fourth-order valence-corrected chi connectivity index (χ4v) is 5.25. The Morgan fingerprint density at radius 1 is 1.03 bits per heavy atom. The maximum Gasteiger partial charge on any atom is 0.336 e. The molecule has 1 aliphatic rings. The molecule has 0 radical (unpaired) electrons. The van der Waals surface area contributed by atoms with E-state index in [4.69, 9.17) is 9.47 Å². The van der Waals surface area contributed by atoms with E-state index in [1.807, 2.05) is 35.7 Å². The van der Waals surface area contributed by atoms with E-state index in [-0.39, 0.29) is 19.0 Å². The predicted octanol–water partition coefficient (Wildman–Crippen LogP) is 5.83. The first-order chi connectivity index (χ1) is 17.8. The lowest BCUT2D eigenvalue weighted by Gasteiger charge is -2.32. The highest BCUT2D eigenvalue weighted by molar-refractivity contribution is 7.14. The van der Waals surface area contributed by atoms with E-state index < -0.39 is 23.8 Å². The minimum atomic E-state index is -0.792. The van der Waals surface area contributed by atoms with Gasteiger partial charge >= 0.3 is 11.9 Å². The van der Waals surface area contributed by atoms with Gasteiger partial charge in [-0.15, -0.1) is 11.3 Å². The molecule has 1 aliphatic heterocycles. The number of aromatic hydroxyl groups is 1. The zero-order valence-corrected chi connectivity index (χ0v) is 22.0. The van der Waals surface area contributed by atoms with E-state index in [0.717, 1.165) is 5.56 Å². The van der Waals surface area contributed by atoms with Crippen molar-refractivity contribution in [1.82, 2.24) is 4.98 Å². The van der Waals surface area contributed by atoms with Gasteiger partial charge in [-0.3, -0.25) is 9.79 Å². The maximum absolute atomic E-state index is 13.2. The molecule has 1 aromatic heterocycles. The number of aliphatic imine (C=N–C) groups is 1. The molecule has 2 unspecified atom stereocenters. The monoisotopic (exact) mass is 519 g/mol. The fourth-order valence-electron chi connectivity index (χ4n) is 4.53. The van der Waals surface area contributed by atoms with Crippen LogP contribution in [-0.2, 0) is 19.1 Å². The molecular weight excluding hydrogens is 490 g/mol. The highest BCUT2D eigenvalue weighted by Crippen LogP contribution is 2.43. The minimum absolute atomic E-state index is 0.147. The van der Waals surface area contributed by atoms with E-state index in [1.165, 1.54) is 11.3 Å². The second-order valence-electron chi connectivity index (χ2n) is 8.45. The van der Waals surface area contributed by atoms with Crippen LogP contribution in [0.1, 0.15) is 39.2 Å². The normalized spacial score (nSPS) is 17.2. The fraction of sp³-hybridized carbons (Fsp3) is 0.286. The topological polar surface area (TPSA) is 110 Å². The van der Waals surface area contributed by atoms with Crippen molar-refractivity contribution in [3.05, 3.63) is 70.7 Å². The number of allylic oxidation sites excluding steroid dienone is 1. The van der Waals surface area contributed by atoms with Crippen LogP contribution in [0.15, 0.2) is 70.2 Å². The number of ether oxygens (including phenoxy) is 2. The SMILES string of the molecule is CCOC(=O)C1=C(C)N=C(C)C(C(=O)OCC)C1c1ccccc1Nc1nc(-c2ccccc2O)cs1. The van der Waals surface area contributed by atoms with Crippen LogP contribution in [0.4, 0.5) is 10.8 Å². The summed E-state index contributed by atoms with van der Waals surface area (Å²) in [5.74, 6) is -2.28. The summed E-state index contributed by atoms with van der Waals surface area (Å²) in [6.45, 7) is 7.41. The average molecular weight is 520 g/mol. The number of anilines is 2. The van der Waals surface area contributed by atoms with Gasteiger partial charge in [-0.1, -0.05) is 30.3 Å². The second kappa shape index (κ2) is 11.4. The Kier molecular flexibility index (Phi) is 8.03. The second-order valence-corrected chi connectivity index (χ2v) is 9.31. The third kappa shape index (κ3) is 5.41. The van der Waals surface area contributed by atoms with Crippen molar-refractivity contribution in [2.24, 2.45) is 10.9 Å². The van der Waals surface area contributed by atoms with Gasteiger partial charge in [-0.05, 0) is 51.5 Å². The molecular formula is C28H29N3O5S. The van der Waals surface area contributed by atoms with Crippen molar-refractivity contribution in [2.75, 3.05) is 18.5 Å². The number of carbonyl (C=O) groups excluding carboxylic acids is 2. The Morgan fingerprint density at radius 3 is 2.46 bits per heavy atom. The van der Waals surface area contributed by atoms with Crippen molar-refractivity contribution in [1.29, 1.82) is 0 Å². The summed E-state index contributed by atoms with van der Waals surface area (Å²) in [6.07, 6.45) is 0. The molecule has 2 N–H and O–H groups in total. The lowest BCUT2D eigenvalue weighted by atomic mass is 9.75. The standard InChI is InChI=1S/C28H29N3O5S/c1-5-35-26(33)23-16(3)29-17(4)24(27(34)36-6-2)25(23)19-12-7-9-13-20(19)30-28-31-21(15-37-28)18-11-8-10-14-22(18)32/h7-15,23,25,32H,5-6H2,1-4H3,(H,30,31). The van der Waals surface area contributed by atoms with Crippen LogP contribution >= 0.6 is 11.3 Å². The number of aromatic nitrogens is 1. The number of nitrogens with zero attached hydrogens (tertiary/aromatic N) is 2. The van der Waals surface area contributed by atoms with Crippen LogP contribution in [0.3, 0.4) is 0 Å². The van der Waals surface area contributed by atoms with Crippen LogP contribution < -0.4 is 5.32 Å². The third-order valence-electron chi connectivity index (χ3n) is 6.09. The number of benzene rings is 2. The predicted molar refractivity (Wildman–Crippen MR) is 144 cm³/mol. The summed E-state index contributed by atoms with van der Waals surface area (Å²) < 4.78 is 10.8. The Bertz CT molecular complexity index is 1380. The van der Waals surface area contributed by atoms with E-state index in [2.05, 4.69) is 15.3 Å². The van der Waals surface area contributed by atoms with Gasteiger partial charge in [0.25, 0.3) is 0 Å². The smallest absolute Gasteiger partial charge is 0.336 e. The van der Waals surface area contributed by atoms with Gasteiger partial charge < -0.3 is 19.9 Å². The summed E-state index contributed by atoms with van der Waals surface area (Å²) in [5, 5.41) is 16.0. The highest BCUT2D eigenvalue weighted by atomic mass is 32.1. The Morgan fingerprint density at radius 2 is 1.73 bits per heavy atom. The lowest BCUT2D eigenvalue weighted by molar-refractivity contribution is -0.146. The number of hydrogen-bond donors (Lipinski definition) is 2. The number of phenols is 1.